The van der Waals surface area contributed by atoms with E-state index in [0.717, 1.165) is 23.9 Å². The summed E-state index contributed by atoms with van der Waals surface area (Å²) < 4.78 is 0. The van der Waals surface area contributed by atoms with Gasteiger partial charge in [0.1, 0.15) is 0 Å². The van der Waals surface area contributed by atoms with Gasteiger partial charge in [0.05, 0.1) is 10.0 Å². The lowest BCUT2D eigenvalue weighted by atomic mass is 9.91. The van der Waals surface area contributed by atoms with Crippen LogP contribution < -0.4 is 5.32 Å². The van der Waals surface area contributed by atoms with Crippen LogP contribution in [0.4, 0.5) is 0 Å². The molecule has 20 heavy (non-hydrogen) atoms. The van der Waals surface area contributed by atoms with Gasteiger partial charge in [-0.15, -0.1) is 0 Å². The summed E-state index contributed by atoms with van der Waals surface area (Å²) in [6, 6.07) is 6.67. The smallest absolute Gasteiger partial charge is 0.0624 e. The van der Waals surface area contributed by atoms with Gasteiger partial charge in [0.15, 0.2) is 0 Å². The van der Waals surface area contributed by atoms with E-state index in [0.29, 0.717) is 11.1 Å². The standard InChI is InChI=1S/C17H25Cl2N/c1-2-10-20-15-8-4-3-6-13(12-15)11-14-7-5-9-16(18)17(14)19/h5,7,9,13,15,20H,2-4,6,8,10-12H2,1H3. The summed E-state index contributed by atoms with van der Waals surface area (Å²) >= 11 is 12.4. The van der Waals surface area contributed by atoms with E-state index in [9.17, 15) is 0 Å². The lowest BCUT2D eigenvalue weighted by Gasteiger charge is -2.21. The van der Waals surface area contributed by atoms with Crippen LogP contribution in [0, 0.1) is 5.92 Å². The molecule has 1 aliphatic carbocycles. The summed E-state index contributed by atoms with van der Waals surface area (Å²) in [5, 5.41) is 5.12. The first-order chi connectivity index (χ1) is 9.70. The van der Waals surface area contributed by atoms with E-state index in [1.54, 1.807) is 0 Å². The zero-order valence-electron chi connectivity index (χ0n) is 12.3. The predicted molar refractivity (Wildman–Crippen MR) is 88.8 cm³/mol. The van der Waals surface area contributed by atoms with E-state index in [1.165, 1.54) is 44.1 Å². The van der Waals surface area contributed by atoms with Crippen molar-refractivity contribution in [1.82, 2.24) is 5.32 Å². The third-order valence-corrected chi connectivity index (χ3v) is 5.11. The van der Waals surface area contributed by atoms with Crippen molar-refractivity contribution >= 4 is 23.2 Å². The van der Waals surface area contributed by atoms with E-state index < -0.39 is 0 Å². The SMILES string of the molecule is CCCNC1CCCCC(Cc2cccc(Cl)c2Cl)C1. The van der Waals surface area contributed by atoms with Crippen LogP contribution in [-0.4, -0.2) is 12.6 Å². The van der Waals surface area contributed by atoms with Crippen LogP contribution in [0.1, 0.15) is 51.0 Å². The Kier molecular flexibility index (Phi) is 6.67. The highest BCUT2D eigenvalue weighted by molar-refractivity contribution is 6.42. The van der Waals surface area contributed by atoms with E-state index in [4.69, 9.17) is 23.2 Å². The molecule has 1 fully saturated rings. The second-order valence-electron chi connectivity index (χ2n) is 5.95. The van der Waals surface area contributed by atoms with E-state index in [1.807, 2.05) is 12.1 Å². The van der Waals surface area contributed by atoms with Crippen molar-refractivity contribution in [3.63, 3.8) is 0 Å². The molecule has 2 rings (SSSR count). The molecule has 0 aromatic heterocycles. The molecule has 2 atom stereocenters. The predicted octanol–water partition coefficient (Wildman–Crippen LogP) is 5.48. The zero-order chi connectivity index (χ0) is 14.4. The molecule has 1 aromatic carbocycles. The van der Waals surface area contributed by atoms with Crippen molar-refractivity contribution in [2.45, 2.75) is 57.9 Å². The van der Waals surface area contributed by atoms with Crippen molar-refractivity contribution in [1.29, 1.82) is 0 Å². The normalized spacial score (nSPS) is 23.6. The highest BCUT2D eigenvalue weighted by Crippen LogP contribution is 2.31. The first kappa shape index (κ1) is 16.1. The Balaban J connectivity index is 1.98. The second kappa shape index (κ2) is 8.26. The van der Waals surface area contributed by atoms with Crippen molar-refractivity contribution in [2.24, 2.45) is 5.92 Å². The molecule has 2 unspecified atom stereocenters. The Bertz CT molecular complexity index is 419. The Morgan fingerprint density at radius 2 is 2.00 bits per heavy atom. The minimum atomic E-state index is 0.679. The molecule has 0 heterocycles. The van der Waals surface area contributed by atoms with Crippen LogP contribution in [0.25, 0.3) is 0 Å². The lowest BCUT2D eigenvalue weighted by Crippen LogP contribution is -2.31. The quantitative estimate of drug-likeness (QED) is 0.709. The maximum Gasteiger partial charge on any atom is 0.0624 e. The lowest BCUT2D eigenvalue weighted by molar-refractivity contribution is 0.384. The molecule has 1 nitrogen and oxygen atoms in total. The van der Waals surface area contributed by atoms with E-state index >= 15 is 0 Å². The summed E-state index contributed by atoms with van der Waals surface area (Å²) in [4.78, 5) is 0. The number of hydrogen-bond acceptors (Lipinski definition) is 1. The molecule has 0 radical (unpaired) electrons. The Morgan fingerprint density at radius 3 is 2.80 bits per heavy atom. The number of rotatable bonds is 5. The highest BCUT2D eigenvalue weighted by atomic mass is 35.5. The average Bonchev–Trinajstić information content (AvgIpc) is 2.67. The fraction of sp³-hybridized carbons (Fsp3) is 0.647. The van der Waals surface area contributed by atoms with Crippen LogP contribution >= 0.6 is 23.2 Å². The van der Waals surface area contributed by atoms with Crippen molar-refractivity contribution < 1.29 is 0 Å². The summed E-state index contributed by atoms with van der Waals surface area (Å²) in [5.41, 5.74) is 1.21. The average molecular weight is 314 g/mol. The highest BCUT2D eigenvalue weighted by Gasteiger charge is 2.21. The molecule has 1 saturated carbocycles. The number of benzene rings is 1. The van der Waals surface area contributed by atoms with Gasteiger partial charge in [-0.05, 0) is 49.8 Å². The van der Waals surface area contributed by atoms with Crippen LogP contribution in [0.3, 0.4) is 0 Å². The molecule has 112 valence electrons. The van der Waals surface area contributed by atoms with Crippen molar-refractivity contribution in [2.75, 3.05) is 6.54 Å². The third kappa shape index (κ3) is 4.65. The van der Waals surface area contributed by atoms with Crippen LogP contribution in [0.2, 0.25) is 10.0 Å². The zero-order valence-corrected chi connectivity index (χ0v) is 13.8. The largest absolute Gasteiger partial charge is 0.314 e. The molecule has 1 aliphatic rings. The first-order valence-corrected chi connectivity index (χ1v) is 8.62. The summed E-state index contributed by atoms with van der Waals surface area (Å²) in [5.74, 6) is 0.725. The molecular formula is C17H25Cl2N. The van der Waals surface area contributed by atoms with Gasteiger partial charge in [0, 0.05) is 6.04 Å². The second-order valence-corrected chi connectivity index (χ2v) is 6.74. The van der Waals surface area contributed by atoms with Gasteiger partial charge in [-0.2, -0.15) is 0 Å². The minimum absolute atomic E-state index is 0.679. The fourth-order valence-electron chi connectivity index (χ4n) is 3.20. The van der Waals surface area contributed by atoms with E-state index in [-0.39, 0.29) is 0 Å². The van der Waals surface area contributed by atoms with Gasteiger partial charge in [-0.25, -0.2) is 0 Å². The molecule has 0 amide bonds. The maximum atomic E-state index is 6.33. The molecule has 0 aliphatic heterocycles. The number of nitrogens with one attached hydrogen (secondary N) is 1. The van der Waals surface area contributed by atoms with Crippen LogP contribution in [0.5, 0.6) is 0 Å². The first-order valence-electron chi connectivity index (χ1n) is 7.87. The van der Waals surface area contributed by atoms with E-state index in [2.05, 4.69) is 18.3 Å². The topological polar surface area (TPSA) is 12.0 Å². The minimum Gasteiger partial charge on any atom is -0.314 e. The van der Waals surface area contributed by atoms with Gasteiger partial charge >= 0.3 is 0 Å². The molecule has 0 bridgehead atoms. The molecule has 1 N–H and O–H groups in total. The van der Waals surface area contributed by atoms with Gasteiger partial charge < -0.3 is 5.32 Å². The molecular weight excluding hydrogens is 289 g/mol. The van der Waals surface area contributed by atoms with Crippen LogP contribution in [-0.2, 0) is 6.42 Å². The summed E-state index contributed by atoms with van der Waals surface area (Å²) in [6.45, 7) is 3.36. The van der Waals surface area contributed by atoms with Crippen molar-refractivity contribution in [3.05, 3.63) is 33.8 Å². The monoisotopic (exact) mass is 313 g/mol. The van der Waals surface area contributed by atoms with Crippen molar-refractivity contribution in [3.8, 4) is 0 Å². The fourth-order valence-corrected chi connectivity index (χ4v) is 3.60. The van der Waals surface area contributed by atoms with Gasteiger partial charge in [-0.1, -0.05) is 61.5 Å². The molecule has 0 saturated heterocycles. The van der Waals surface area contributed by atoms with Crippen LogP contribution in [0.15, 0.2) is 18.2 Å². The van der Waals surface area contributed by atoms with Gasteiger partial charge in [-0.3, -0.25) is 0 Å². The van der Waals surface area contributed by atoms with Gasteiger partial charge in [0.25, 0.3) is 0 Å². The summed E-state index contributed by atoms with van der Waals surface area (Å²) in [6.07, 6.45) is 8.86. The molecule has 3 heteroatoms. The number of hydrogen-bond donors (Lipinski definition) is 1. The Labute approximate surface area is 133 Å². The summed E-state index contributed by atoms with van der Waals surface area (Å²) in [7, 11) is 0. The third-order valence-electron chi connectivity index (χ3n) is 4.26. The number of halogens is 2. The Hall–Kier alpha value is -0.240. The molecule has 0 spiro atoms. The molecule has 1 aromatic rings. The van der Waals surface area contributed by atoms with Gasteiger partial charge in [0.2, 0.25) is 0 Å². The maximum absolute atomic E-state index is 6.33. The Morgan fingerprint density at radius 1 is 1.20 bits per heavy atom.